The lowest BCUT2D eigenvalue weighted by Gasteiger charge is -2.16. The van der Waals surface area contributed by atoms with E-state index in [1.54, 1.807) is 6.92 Å². The van der Waals surface area contributed by atoms with E-state index < -0.39 is 12.1 Å². The highest BCUT2D eigenvalue weighted by atomic mass is 16.2. The van der Waals surface area contributed by atoms with Crippen molar-refractivity contribution in [2.24, 2.45) is 0 Å². The number of benzene rings is 1. The molecule has 1 fully saturated rings. The molecule has 1 unspecified atom stereocenters. The molecule has 1 aromatic rings. The van der Waals surface area contributed by atoms with Gasteiger partial charge in [0.25, 0.3) is 0 Å². The normalized spacial score (nSPS) is 15.3. The van der Waals surface area contributed by atoms with E-state index in [9.17, 15) is 9.59 Å². The average molecular weight is 275 g/mol. The lowest BCUT2D eigenvalue weighted by atomic mass is 10.1. The van der Waals surface area contributed by atoms with Crippen LogP contribution in [-0.2, 0) is 4.79 Å². The van der Waals surface area contributed by atoms with Crippen LogP contribution in [0.5, 0.6) is 0 Å². The van der Waals surface area contributed by atoms with Crippen molar-refractivity contribution in [3.63, 3.8) is 0 Å². The van der Waals surface area contributed by atoms with Crippen LogP contribution in [0.4, 0.5) is 10.5 Å². The van der Waals surface area contributed by atoms with Crippen molar-refractivity contribution in [2.45, 2.75) is 45.7 Å². The molecule has 0 aromatic heterocycles. The molecule has 0 radical (unpaired) electrons. The van der Waals surface area contributed by atoms with Gasteiger partial charge in [0.2, 0.25) is 5.91 Å². The van der Waals surface area contributed by atoms with Gasteiger partial charge in [0.05, 0.1) is 0 Å². The number of imide groups is 1. The van der Waals surface area contributed by atoms with Crippen molar-refractivity contribution in [1.82, 2.24) is 10.6 Å². The molecule has 5 nitrogen and oxygen atoms in total. The highest BCUT2D eigenvalue weighted by Gasteiger charge is 2.24. The summed E-state index contributed by atoms with van der Waals surface area (Å²) in [5, 5.41) is 8.18. The standard InChI is InChI=1S/C15H21N3O2/c1-9-6-10(2)8-13(7-9)16-11(3)14(19)18-15(20)17-12-4-5-12/h6-8,11-12,16H,4-5H2,1-3H3,(H2,17,18,19,20). The summed E-state index contributed by atoms with van der Waals surface area (Å²) in [7, 11) is 0. The number of urea groups is 1. The number of rotatable bonds is 4. The first-order valence-electron chi connectivity index (χ1n) is 6.90. The van der Waals surface area contributed by atoms with Gasteiger partial charge in [-0.3, -0.25) is 10.1 Å². The van der Waals surface area contributed by atoms with Crippen LogP contribution in [0.3, 0.4) is 0 Å². The van der Waals surface area contributed by atoms with E-state index in [0.717, 1.165) is 29.7 Å². The Labute approximate surface area is 119 Å². The summed E-state index contributed by atoms with van der Waals surface area (Å²) in [6, 6.07) is 5.37. The van der Waals surface area contributed by atoms with Crippen LogP contribution in [0.2, 0.25) is 0 Å². The molecule has 1 aromatic carbocycles. The van der Waals surface area contributed by atoms with Crippen LogP contribution >= 0.6 is 0 Å². The van der Waals surface area contributed by atoms with Crippen molar-refractivity contribution in [3.05, 3.63) is 29.3 Å². The molecule has 0 spiro atoms. The summed E-state index contributed by atoms with van der Waals surface area (Å²) in [5.41, 5.74) is 3.14. The number of hydrogen-bond acceptors (Lipinski definition) is 3. The smallest absolute Gasteiger partial charge is 0.321 e. The summed E-state index contributed by atoms with van der Waals surface area (Å²) < 4.78 is 0. The second-order valence-corrected chi connectivity index (χ2v) is 5.48. The Morgan fingerprint density at radius 3 is 2.30 bits per heavy atom. The summed E-state index contributed by atoms with van der Waals surface area (Å²) >= 11 is 0. The SMILES string of the molecule is Cc1cc(C)cc(NC(C)C(=O)NC(=O)NC2CC2)c1. The first kappa shape index (κ1) is 14.4. The van der Waals surface area contributed by atoms with Gasteiger partial charge in [-0.1, -0.05) is 6.07 Å². The number of carbonyl (C=O) groups is 2. The first-order chi connectivity index (χ1) is 9.44. The summed E-state index contributed by atoms with van der Waals surface area (Å²) in [5.74, 6) is -0.331. The molecule has 0 bridgehead atoms. The van der Waals surface area contributed by atoms with Crippen LogP contribution in [0, 0.1) is 13.8 Å². The van der Waals surface area contributed by atoms with Crippen molar-refractivity contribution < 1.29 is 9.59 Å². The van der Waals surface area contributed by atoms with Gasteiger partial charge in [0.1, 0.15) is 6.04 Å². The Morgan fingerprint density at radius 2 is 1.75 bits per heavy atom. The number of amides is 3. The fourth-order valence-corrected chi connectivity index (χ4v) is 2.04. The van der Waals surface area contributed by atoms with Gasteiger partial charge in [-0.15, -0.1) is 0 Å². The highest BCUT2D eigenvalue weighted by Crippen LogP contribution is 2.18. The average Bonchev–Trinajstić information content (AvgIpc) is 3.10. The number of nitrogens with one attached hydrogen (secondary N) is 3. The van der Waals surface area contributed by atoms with Gasteiger partial charge in [-0.2, -0.15) is 0 Å². The zero-order chi connectivity index (χ0) is 14.7. The largest absolute Gasteiger partial charge is 0.374 e. The maximum absolute atomic E-state index is 11.9. The molecule has 5 heteroatoms. The summed E-state index contributed by atoms with van der Waals surface area (Å²) in [4.78, 5) is 23.4. The fraction of sp³-hybridized carbons (Fsp3) is 0.467. The maximum atomic E-state index is 11.9. The van der Waals surface area contributed by atoms with E-state index in [1.807, 2.05) is 26.0 Å². The van der Waals surface area contributed by atoms with E-state index in [0.29, 0.717) is 0 Å². The predicted molar refractivity (Wildman–Crippen MR) is 78.7 cm³/mol. The summed E-state index contributed by atoms with van der Waals surface area (Å²) in [6.07, 6.45) is 2.00. The van der Waals surface area contributed by atoms with Gasteiger partial charge < -0.3 is 10.6 Å². The monoisotopic (exact) mass is 275 g/mol. The Morgan fingerprint density at radius 1 is 1.15 bits per heavy atom. The molecule has 3 N–H and O–H groups in total. The minimum Gasteiger partial charge on any atom is -0.374 e. The van der Waals surface area contributed by atoms with E-state index in [1.165, 1.54) is 0 Å². The van der Waals surface area contributed by atoms with Crippen molar-refractivity contribution >= 4 is 17.6 Å². The molecule has 1 saturated carbocycles. The van der Waals surface area contributed by atoms with Crippen molar-refractivity contribution in [1.29, 1.82) is 0 Å². The van der Waals surface area contributed by atoms with Gasteiger partial charge in [0, 0.05) is 11.7 Å². The van der Waals surface area contributed by atoms with Crippen LogP contribution in [0.1, 0.15) is 30.9 Å². The molecular weight excluding hydrogens is 254 g/mol. The summed E-state index contributed by atoms with van der Waals surface area (Å²) in [6.45, 7) is 5.75. The second kappa shape index (κ2) is 5.94. The molecule has 20 heavy (non-hydrogen) atoms. The van der Waals surface area contributed by atoms with Gasteiger partial charge in [-0.25, -0.2) is 4.79 Å². The second-order valence-electron chi connectivity index (χ2n) is 5.48. The third-order valence-corrected chi connectivity index (χ3v) is 3.15. The molecule has 1 aliphatic carbocycles. The van der Waals surface area contributed by atoms with Crippen molar-refractivity contribution in [2.75, 3.05) is 5.32 Å². The zero-order valence-corrected chi connectivity index (χ0v) is 12.1. The van der Waals surface area contributed by atoms with Gasteiger partial charge in [0.15, 0.2) is 0 Å². The van der Waals surface area contributed by atoms with Gasteiger partial charge >= 0.3 is 6.03 Å². The molecule has 2 rings (SSSR count). The molecular formula is C15H21N3O2. The lowest BCUT2D eigenvalue weighted by molar-refractivity contribution is -0.120. The van der Waals surface area contributed by atoms with Crippen LogP contribution in [0.25, 0.3) is 0 Å². The Balaban J connectivity index is 1.87. The maximum Gasteiger partial charge on any atom is 0.321 e. The van der Waals surface area contributed by atoms with Crippen LogP contribution in [-0.4, -0.2) is 24.0 Å². The molecule has 1 aliphatic rings. The third kappa shape index (κ3) is 4.26. The first-order valence-corrected chi connectivity index (χ1v) is 6.90. The molecule has 3 amide bonds. The number of carbonyl (C=O) groups excluding carboxylic acids is 2. The molecule has 0 saturated heterocycles. The van der Waals surface area contributed by atoms with Crippen molar-refractivity contribution in [3.8, 4) is 0 Å². The number of aryl methyl sites for hydroxylation is 2. The lowest BCUT2D eigenvalue weighted by Crippen LogP contribution is -2.46. The van der Waals surface area contributed by atoms with E-state index in [-0.39, 0.29) is 11.9 Å². The number of anilines is 1. The minimum absolute atomic E-state index is 0.241. The van der Waals surface area contributed by atoms with Crippen LogP contribution in [0.15, 0.2) is 18.2 Å². The Kier molecular flexibility index (Phi) is 4.27. The van der Waals surface area contributed by atoms with E-state index in [2.05, 4.69) is 22.0 Å². The fourth-order valence-electron chi connectivity index (χ4n) is 2.04. The van der Waals surface area contributed by atoms with E-state index in [4.69, 9.17) is 0 Å². The Hall–Kier alpha value is -2.04. The highest BCUT2D eigenvalue weighted by molar-refractivity contribution is 5.98. The zero-order valence-electron chi connectivity index (χ0n) is 12.1. The van der Waals surface area contributed by atoms with E-state index >= 15 is 0 Å². The third-order valence-electron chi connectivity index (χ3n) is 3.15. The van der Waals surface area contributed by atoms with Gasteiger partial charge in [-0.05, 0) is 56.9 Å². The topological polar surface area (TPSA) is 70.2 Å². The quantitative estimate of drug-likeness (QED) is 0.788. The molecule has 0 heterocycles. The molecule has 108 valence electrons. The minimum atomic E-state index is -0.471. The molecule has 0 aliphatic heterocycles. The van der Waals surface area contributed by atoms with Crippen LogP contribution < -0.4 is 16.0 Å². The Bertz CT molecular complexity index is 504. The number of hydrogen-bond donors (Lipinski definition) is 3. The predicted octanol–water partition coefficient (Wildman–Crippen LogP) is 2.09. The molecule has 1 atom stereocenters.